The third-order valence-corrected chi connectivity index (χ3v) is 2.18. The van der Waals surface area contributed by atoms with E-state index < -0.39 is 6.29 Å². The summed E-state index contributed by atoms with van der Waals surface area (Å²) in [6, 6.07) is 2.77. The molecule has 0 bridgehead atoms. The highest BCUT2D eigenvalue weighted by atomic mass is 16.7. The van der Waals surface area contributed by atoms with Crippen molar-refractivity contribution in [1.82, 2.24) is 10.3 Å². The highest BCUT2D eigenvalue weighted by molar-refractivity contribution is 5.93. The van der Waals surface area contributed by atoms with Gasteiger partial charge in [-0.25, -0.2) is 0 Å². The first-order chi connectivity index (χ1) is 8.67. The molecule has 1 aromatic rings. The van der Waals surface area contributed by atoms with Gasteiger partial charge < -0.3 is 19.8 Å². The van der Waals surface area contributed by atoms with Crippen molar-refractivity contribution in [3.8, 4) is 0 Å². The van der Waals surface area contributed by atoms with E-state index in [2.05, 4.69) is 10.3 Å². The fraction of sp³-hybridized carbons (Fsp3) is 0.500. The minimum Gasteiger partial charge on any atom is -0.351 e. The van der Waals surface area contributed by atoms with E-state index >= 15 is 0 Å². The summed E-state index contributed by atoms with van der Waals surface area (Å²) in [7, 11) is 0. The van der Waals surface area contributed by atoms with E-state index in [0.29, 0.717) is 18.8 Å². The lowest BCUT2D eigenvalue weighted by Crippen LogP contribution is -2.35. The maximum absolute atomic E-state index is 11.7. The molecule has 0 unspecified atom stereocenters. The topological polar surface area (TPSA) is 80.4 Å². The van der Waals surface area contributed by atoms with Gasteiger partial charge in [-0.15, -0.1) is 0 Å². The predicted octanol–water partition coefficient (Wildman–Crippen LogP) is 0.504. The lowest BCUT2D eigenvalue weighted by Gasteiger charge is -2.17. The molecule has 6 nitrogen and oxygen atoms in total. The van der Waals surface area contributed by atoms with Gasteiger partial charge >= 0.3 is 0 Å². The second-order valence-corrected chi connectivity index (χ2v) is 3.49. The van der Waals surface area contributed by atoms with E-state index in [1.54, 1.807) is 0 Å². The number of amides is 1. The second kappa shape index (κ2) is 7.62. The minimum absolute atomic E-state index is 0.243. The van der Waals surface area contributed by atoms with Gasteiger partial charge in [-0.2, -0.15) is 0 Å². The zero-order chi connectivity index (χ0) is 13.4. The SMILES string of the molecule is CCOC(CNC(=O)c1ccc(=O)[nH]c1)OCC. The van der Waals surface area contributed by atoms with Crippen molar-refractivity contribution < 1.29 is 14.3 Å². The normalized spacial score (nSPS) is 10.6. The Hall–Kier alpha value is -1.66. The maximum atomic E-state index is 11.7. The van der Waals surface area contributed by atoms with Crippen LogP contribution in [0, 0.1) is 0 Å². The number of hydrogen-bond donors (Lipinski definition) is 2. The molecule has 0 saturated heterocycles. The Labute approximate surface area is 105 Å². The van der Waals surface area contributed by atoms with Crippen LogP contribution in [-0.4, -0.2) is 36.9 Å². The molecule has 18 heavy (non-hydrogen) atoms. The summed E-state index contributed by atoms with van der Waals surface area (Å²) in [6.45, 7) is 5.00. The predicted molar refractivity (Wildman–Crippen MR) is 66.4 cm³/mol. The number of ether oxygens (including phenoxy) is 2. The molecule has 1 heterocycles. The summed E-state index contributed by atoms with van der Waals surface area (Å²) in [5.41, 5.74) is 0.148. The Morgan fingerprint density at radius 2 is 2.00 bits per heavy atom. The number of pyridine rings is 1. The fourth-order valence-corrected chi connectivity index (χ4v) is 1.37. The van der Waals surface area contributed by atoms with E-state index in [4.69, 9.17) is 9.47 Å². The molecule has 0 aliphatic heterocycles. The molecule has 1 amide bonds. The number of carbonyl (C=O) groups is 1. The van der Waals surface area contributed by atoms with Gasteiger partial charge in [0.15, 0.2) is 6.29 Å². The monoisotopic (exact) mass is 254 g/mol. The van der Waals surface area contributed by atoms with Crippen LogP contribution in [0.4, 0.5) is 0 Å². The molecule has 0 saturated carbocycles. The van der Waals surface area contributed by atoms with Gasteiger partial charge in [-0.3, -0.25) is 9.59 Å². The fourth-order valence-electron chi connectivity index (χ4n) is 1.37. The molecule has 0 aromatic carbocycles. The first-order valence-electron chi connectivity index (χ1n) is 5.87. The molecular formula is C12H18N2O4. The largest absolute Gasteiger partial charge is 0.351 e. The second-order valence-electron chi connectivity index (χ2n) is 3.49. The van der Waals surface area contributed by atoms with E-state index in [-0.39, 0.29) is 18.0 Å². The molecule has 0 radical (unpaired) electrons. The number of rotatable bonds is 7. The molecule has 0 spiro atoms. The summed E-state index contributed by atoms with van der Waals surface area (Å²) in [6.07, 6.45) is 0.917. The molecule has 0 atom stereocenters. The van der Waals surface area contributed by atoms with Crippen molar-refractivity contribution in [3.05, 3.63) is 34.2 Å². The van der Waals surface area contributed by atoms with Crippen LogP contribution in [0.5, 0.6) is 0 Å². The van der Waals surface area contributed by atoms with Gasteiger partial charge in [0.05, 0.1) is 12.1 Å². The molecule has 2 N–H and O–H groups in total. The van der Waals surface area contributed by atoms with Gasteiger partial charge in [-0.1, -0.05) is 0 Å². The first kappa shape index (κ1) is 14.4. The van der Waals surface area contributed by atoms with Gasteiger partial charge in [-0.05, 0) is 19.9 Å². The van der Waals surface area contributed by atoms with Crippen molar-refractivity contribution >= 4 is 5.91 Å². The zero-order valence-corrected chi connectivity index (χ0v) is 10.6. The van der Waals surface area contributed by atoms with Gasteiger partial charge in [0.1, 0.15) is 0 Å². The van der Waals surface area contributed by atoms with Crippen LogP contribution in [0.25, 0.3) is 0 Å². The Kier molecular flexibility index (Phi) is 6.10. The summed E-state index contributed by atoms with van der Waals surface area (Å²) >= 11 is 0. The van der Waals surface area contributed by atoms with Crippen molar-refractivity contribution in [2.45, 2.75) is 20.1 Å². The standard InChI is InChI=1S/C12H18N2O4/c1-3-17-11(18-4-2)8-14-12(16)9-5-6-10(15)13-7-9/h5-7,11H,3-4,8H2,1-2H3,(H,13,15)(H,14,16). The van der Waals surface area contributed by atoms with Crippen LogP contribution < -0.4 is 10.9 Å². The lowest BCUT2D eigenvalue weighted by molar-refractivity contribution is -0.131. The number of nitrogens with one attached hydrogen (secondary N) is 2. The Bertz CT molecular complexity index is 404. The first-order valence-corrected chi connectivity index (χ1v) is 5.87. The Morgan fingerprint density at radius 3 is 2.50 bits per heavy atom. The van der Waals surface area contributed by atoms with Crippen LogP contribution in [0.3, 0.4) is 0 Å². The Morgan fingerprint density at radius 1 is 1.33 bits per heavy atom. The highest BCUT2D eigenvalue weighted by Gasteiger charge is 2.11. The molecule has 0 aliphatic rings. The quantitative estimate of drug-likeness (QED) is 0.694. The average molecular weight is 254 g/mol. The molecule has 100 valence electrons. The maximum Gasteiger partial charge on any atom is 0.252 e. The zero-order valence-electron chi connectivity index (χ0n) is 10.6. The summed E-state index contributed by atoms with van der Waals surface area (Å²) in [5, 5.41) is 2.68. The van der Waals surface area contributed by atoms with Gasteiger partial charge in [0.25, 0.3) is 5.91 Å². The summed E-state index contributed by atoms with van der Waals surface area (Å²) < 4.78 is 10.6. The third kappa shape index (κ3) is 4.68. The molecular weight excluding hydrogens is 236 g/mol. The summed E-state index contributed by atoms with van der Waals surface area (Å²) in [4.78, 5) is 25.0. The van der Waals surface area contributed by atoms with Crippen LogP contribution >= 0.6 is 0 Å². The third-order valence-electron chi connectivity index (χ3n) is 2.18. The molecule has 6 heteroatoms. The lowest BCUT2D eigenvalue weighted by atomic mass is 10.3. The number of hydrogen-bond acceptors (Lipinski definition) is 4. The van der Waals surface area contributed by atoms with Crippen molar-refractivity contribution in [3.63, 3.8) is 0 Å². The van der Waals surface area contributed by atoms with E-state index in [1.807, 2.05) is 13.8 Å². The van der Waals surface area contributed by atoms with E-state index in [0.717, 1.165) is 0 Å². The number of aromatic amines is 1. The summed E-state index contributed by atoms with van der Waals surface area (Å²) in [5.74, 6) is -0.282. The van der Waals surface area contributed by atoms with Crippen molar-refractivity contribution in [2.75, 3.05) is 19.8 Å². The molecule has 0 fully saturated rings. The Balaban J connectivity index is 2.48. The van der Waals surface area contributed by atoms with Crippen molar-refractivity contribution in [1.29, 1.82) is 0 Å². The molecule has 0 aliphatic carbocycles. The number of aromatic nitrogens is 1. The van der Waals surface area contributed by atoms with Crippen LogP contribution in [0.1, 0.15) is 24.2 Å². The number of carbonyl (C=O) groups excluding carboxylic acids is 1. The molecule has 1 rings (SSSR count). The molecule has 1 aromatic heterocycles. The van der Waals surface area contributed by atoms with Crippen LogP contribution in [0.2, 0.25) is 0 Å². The van der Waals surface area contributed by atoms with E-state index in [9.17, 15) is 9.59 Å². The van der Waals surface area contributed by atoms with Gasteiger partial charge in [0.2, 0.25) is 5.56 Å². The van der Waals surface area contributed by atoms with Crippen LogP contribution in [0.15, 0.2) is 23.1 Å². The number of H-pyrrole nitrogens is 1. The van der Waals surface area contributed by atoms with Crippen LogP contribution in [-0.2, 0) is 9.47 Å². The average Bonchev–Trinajstić information content (AvgIpc) is 2.37. The highest BCUT2D eigenvalue weighted by Crippen LogP contribution is 1.96. The van der Waals surface area contributed by atoms with Crippen molar-refractivity contribution in [2.24, 2.45) is 0 Å². The smallest absolute Gasteiger partial charge is 0.252 e. The van der Waals surface area contributed by atoms with E-state index in [1.165, 1.54) is 18.3 Å². The van der Waals surface area contributed by atoms with Gasteiger partial charge in [0, 0.05) is 25.5 Å². The minimum atomic E-state index is -0.452.